The topological polar surface area (TPSA) is 37.3 Å². The first-order valence-electron chi connectivity index (χ1n) is 8.80. The van der Waals surface area contributed by atoms with Gasteiger partial charge in [-0.3, -0.25) is 4.79 Å². The molecule has 2 atom stereocenters. The Morgan fingerprint density at radius 1 is 0.800 bits per heavy atom. The summed E-state index contributed by atoms with van der Waals surface area (Å²) in [6.07, 6.45) is 15.4. The molecule has 1 N–H and O–H groups in total. The summed E-state index contributed by atoms with van der Waals surface area (Å²) >= 11 is 0. The standard InChI is InChI=1S/C18H36O2/c1-4-5-6-7-10-13-16(2)14-11-8-9-12-15-17(3)18(19)20/h16-17H,4-15H2,1-3H3,(H,19,20). The van der Waals surface area contributed by atoms with Crippen molar-refractivity contribution in [1.82, 2.24) is 0 Å². The first-order valence-corrected chi connectivity index (χ1v) is 8.80. The van der Waals surface area contributed by atoms with Crippen molar-refractivity contribution in [2.45, 2.75) is 97.8 Å². The third-order valence-corrected chi connectivity index (χ3v) is 4.31. The summed E-state index contributed by atoms with van der Waals surface area (Å²) in [6.45, 7) is 6.45. The third kappa shape index (κ3) is 12.5. The molecule has 0 aliphatic carbocycles. The summed E-state index contributed by atoms with van der Waals surface area (Å²) in [5, 5.41) is 8.79. The minimum absolute atomic E-state index is 0.169. The molecule has 2 nitrogen and oxygen atoms in total. The Bertz CT molecular complexity index is 225. The average molecular weight is 284 g/mol. The molecule has 20 heavy (non-hydrogen) atoms. The molecule has 0 saturated heterocycles. The number of carboxylic acids is 1. The smallest absolute Gasteiger partial charge is 0.306 e. The van der Waals surface area contributed by atoms with Crippen molar-refractivity contribution < 1.29 is 9.90 Å². The summed E-state index contributed by atoms with van der Waals surface area (Å²) in [5.74, 6) is 0.0494. The van der Waals surface area contributed by atoms with E-state index in [1.165, 1.54) is 64.2 Å². The highest BCUT2D eigenvalue weighted by molar-refractivity contribution is 5.69. The van der Waals surface area contributed by atoms with E-state index in [4.69, 9.17) is 5.11 Å². The lowest BCUT2D eigenvalue weighted by Crippen LogP contribution is -2.08. The maximum absolute atomic E-state index is 10.7. The van der Waals surface area contributed by atoms with Crippen LogP contribution in [0, 0.1) is 11.8 Å². The van der Waals surface area contributed by atoms with Crippen molar-refractivity contribution in [1.29, 1.82) is 0 Å². The summed E-state index contributed by atoms with van der Waals surface area (Å²) in [6, 6.07) is 0. The number of hydrogen-bond donors (Lipinski definition) is 1. The third-order valence-electron chi connectivity index (χ3n) is 4.31. The second-order valence-electron chi connectivity index (χ2n) is 6.54. The monoisotopic (exact) mass is 284 g/mol. The van der Waals surface area contributed by atoms with Crippen molar-refractivity contribution in [3.05, 3.63) is 0 Å². The normalized spacial score (nSPS) is 14.2. The van der Waals surface area contributed by atoms with Crippen LogP contribution in [0.15, 0.2) is 0 Å². The molecule has 120 valence electrons. The summed E-state index contributed by atoms with van der Waals surface area (Å²) < 4.78 is 0. The van der Waals surface area contributed by atoms with E-state index < -0.39 is 5.97 Å². The van der Waals surface area contributed by atoms with Crippen molar-refractivity contribution in [2.75, 3.05) is 0 Å². The lowest BCUT2D eigenvalue weighted by molar-refractivity contribution is -0.141. The minimum Gasteiger partial charge on any atom is -0.481 e. The van der Waals surface area contributed by atoms with Crippen LogP contribution < -0.4 is 0 Å². The van der Waals surface area contributed by atoms with Crippen LogP contribution in [0.1, 0.15) is 97.8 Å². The van der Waals surface area contributed by atoms with E-state index in [0.29, 0.717) is 0 Å². The molecule has 0 saturated carbocycles. The molecule has 0 aromatic heterocycles. The van der Waals surface area contributed by atoms with Gasteiger partial charge in [-0.05, 0) is 12.3 Å². The Labute approximate surface area is 126 Å². The molecule has 0 heterocycles. The lowest BCUT2D eigenvalue weighted by atomic mass is 9.95. The van der Waals surface area contributed by atoms with E-state index in [-0.39, 0.29) is 5.92 Å². The number of aliphatic carboxylic acids is 1. The van der Waals surface area contributed by atoms with E-state index in [1.807, 2.05) is 6.92 Å². The largest absolute Gasteiger partial charge is 0.481 e. The Morgan fingerprint density at radius 2 is 1.25 bits per heavy atom. The van der Waals surface area contributed by atoms with E-state index in [1.54, 1.807) is 0 Å². The van der Waals surface area contributed by atoms with Crippen LogP contribution >= 0.6 is 0 Å². The predicted octanol–water partition coefficient (Wildman–Crippen LogP) is 6.04. The molecule has 0 aliphatic heterocycles. The van der Waals surface area contributed by atoms with Gasteiger partial charge in [0, 0.05) is 0 Å². The fraction of sp³-hybridized carbons (Fsp3) is 0.944. The number of carboxylic acid groups (broad SMARTS) is 1. The average Bonchev–Trinajstić information content (AvgIpc) is 2.42. The SMILES string of the molecule is CCCCCCCC(C)CCCCCCC(C)C(=O)O. The van der Waals surface area contributed by atoms with Gasteiger partial charge in [-0.2, -0.15) is 0 Å². The van der Waals surface area contributed by atoms with Gasteiger partial charge >= 0.3 is 5.97 Å². The summed E-state index contributed by atoms with van der Waals surface area (Å²) in [5.41, 5.74) is 0. The fourth-order valence-electron chi connectivity index (χ4n) is 2.66. The molecule has 0 radical (unpaired) electrons. The number of rotatable bonds is 14. The molecule has 0 fully saturated rings. The minimum atomic E-state index is -0.651. The van der Waals surface area contributed by atoms with E-state index >= 15 is 0 Å². The van der Waals surface area contributed by atoms with Crippen LogP contribution in [0.3, 0.4) is 0 Å². The highest BCUT2D eigenvalue weighted by Gasteiger charge is 2.09. The molecular formula is C18H36O2. The van der Waals surface area contributed by atoms with Crippen LogP contribution in [0.25, 0.3) is 0 Å². The van der Waals surface area contributed by atoms with Crippen LogP contribution in [0.4, 0.5) is 0 Å². The predicted molar refractivity (Wildman–Crippen MR) is 87.0 cm³/mol. The molecule has 0 aliphatic rings. The molecular weight excluding hydrogens is 248 g/mol. The van der Waals surface area contributed by atoms with Gasteiger partial charge < -0.3 is 5.11 Å². The van der Waals surface area contributed by atoms with E-state index in [0.717, 1.165) is 18.8 Å². The van der Waals surface area contributed by atoms with Crippen molar-refractivity contribution in [2.24, 2.45) is 11.8 Å². The van der Waals surface area contributed by atoms with Crippen LogP contribution in [-0.2, 0) is 4.79 Å². The second kappa shape index (κ2) is 13.5. The Hall–Kier alpha value is -0.530. The maximum atomic E-state index is 10.7. The highest BCUT2D eigenvalue weighted by Crippen LogP contribution is 2.18. The van der Waals surface area contributed by atoms with Crippen LogP contribution in [-0.4, -0.2) is 11.1 Å². The van der Waals surface area contributed by atoms with Gasteiger partial charge in [-0.15, -0.1) is 0 Å². The number of unbranched alkanes of at least 4 members (excludes halogenated alkanes) is 7. The first kappa shape index (κ1) is 19.5. The van der Waals surface area contributed by atoms with Gasteiger partial charge in [0.05, 0.1) is 5.92 Å². The Balaban J connectivity index is 3.27. The maximum Gasteiger partial charge on any atom is 0.306 e. The van der Waals surface area contributed by atoms with Gasteiger partial charge in [-0.25, -0.2) is 0 Å². The molecule has 2 heteroatoms. The molecule has 0 spiro atoms. The zero-order valence-corrected chi connectivity index (χ0v) is 14.0. The Morgan fingerprint density at radius 3 is 1.70 bits per heavy atom. The van der Waals surface area contributed by atoms with E-state index in [2.05, 4.69) is 13.8 Å². The molecule has 0 aromatic carbocycles. The van der Waals surface area contributed by atoms with Gasteiger partial charge in [0.15, 0.2) is 0 Å². The van der Waals surface area contributed by atoms with Crippen molar-refractivity contribution in [3.8, 4) is 0 Å². The molecule has 2 unspecified atom stereocenters. The molecule has 0 rings (SSSR count). The van der Waals surface area contributed by atoms with E-state index in [9.17, 15) is 4.79 Å². The molecule has 0 amide bonds. The van der Waals surface area contributed by atoms with Crippen molar-refractivity contribution >= 4 is 5.97 Å². The van der Waals surface area contributed by atoms with Gasteiger partial charge in [0.1, 0.15) is 0 Å². The van der Waals surface area contributed by atoms with Gasteiger partial charge in [0.2, 0.25) is 0 Å². The van der Waals surface area contributed by atoms with Crippen LogP contribution in [0.5, 0.6) is 0 Å². The summed E-state index contributed by atoms with van der Waals surface area (Å²) in [4.78, 5) is 10.7. The zero-order chi connectivity index (χ0) is 15.2. The first-order chi connectivity index (χ1) is 9.57. The number of carbonyl (C=O) groups is 1. The Kier molecular flexibility index (Phi) is 13.1. The highest BCUT2D eigenvalue weighted by atomic mass is 16.4. The number of hydrogen-bond acceptors (Lipinski definition) is 1. The quantitative estimate of drug-likeness (QED) is 0.394. The zero-order valence-electron chi connectivity index (χ0n) is 14.0. The van der Waals surface area contributed by atoms with Gasteiger partial charge in [0.25, 0.3) is 0 Å². The van der Waals surface area contributed by atoms with Gasteiger partial charge in [-0.1, -0.05) is 91.4 Å². The fourth-order valence-corrected chi connectivity index (χ4v) is 2.66. The lowest BCUT2D eigenvalue weighted by Gasteiger charge is -2.11. The molecule has 0 bridgehead atoms. The summed E-state index contributed by atoms with van der Waals surface area (Å²) in [7, 11) is 0. The second-order valence-corrected chi connectivity index (χ2v) is 6.54. The molecule has 0 aromatic rings. The van der Waals surface area contributed by atoms with Crippen molar-refractivity contribution in [3.63, 3.8) is 0 Å². The van der Waals surface area contributed by atoms with Crippen LogP contribution in [0.2, 0.25) is 0 Å².